The second kappa shape index (κ2) is 7.77. The van der Waals surface area contributed by atoms with Crippen LogP contribution in [0.2, 0.25) is 0 Å². The van der Waals surface area contributed by atoms with E-state index in [-0.39, 0.29) is 5.92 Å². The highest BCUT2D eigenvalue weighted by Gasteiger charge is 2.17. The number of benzene rings is 1. The van der Waals surface area contributed by atoms with Gasteiger partial charge >= 0.3 is 0 Å². The van der Waals surface area contributed by atoms with Crippen LogP contribution in [0, 0.1) is 0 Å². The molecule has 0 heterocycles. The normalized spacial score (nSPS) is 15.3. The molecule has 2 atom stereocenters. The maximum absolute atomic E-state index is 12.6. The molecule has 2 unspecified atom stereocenters. The molecule has 3 heteroatoms. The topological polar surface area (TPSA) is 38.4 Å². The van der Waals surface area contributed by atoms with Crippen LogP contribution in [0.4, 0.5) is 4.39 Å². The Kier molecular flexibility index (Phi) is 6.29. The Morgan fingerprint density at radius 3 is 2.50 bits per heavy atom. The third-order valence-corrected chi connectivity index (χ3v) is 3.00. The fraction of sp³-hybridized carbons (Fsp3) is 0.400. The molecule has 0 radical (unpaired) electrons. The minimum absolute atomic E-state index is 0.0849. The quantitative estimate of drug-likeness (QED) is 0.768. The summed E-state index contributed by atoms with van der Waals surface area (Å²) in [4.78, 5) is 4.01. The molecule has 0 aromatic heterocycles. The predicted octanol–water partition coefficient (Wildman–Crippen LogP) is 3.54. The van der Waals surface area contributed by atoms with Gasteiger partial charge < -0.3 is 5.73 Å². The molecule has 0 aliphatic rings. The standard InChI is InChI=1S/C15H21FN2/c1-3-14(15(17)11-16)13-7-5-12(6-8-13)9-10-18-4-2/h4-10,14-15H,3,11,17H2,1-2H3/b10-9+,18-4?. The van der Waals surface area contributed by atoms with Gasteiger partial charge in [-0.3, -0.25) is 4.99 Å². The molecule has 0 amide bonds. The van der Waals surface area contributed by atoms with Crippen LogP contribution >= 0.6 is 0 Å². The number of hydrogen-bond acceptors (Lipinski definition) is 2. The lowest BCUT2D eigenvalue weighted by molar-refractivity contribution is 0.380. The highest BCUT2D eigenvalue weighted by atomic mass is 19.1. The maximum atomic E-state index is 12.6. The van der Waals surface area contributed by atoms with E-state index in [1.165, 1.54) is 0 Å². The van der Waals surface area contributed by atoms with E-state index in [0.29, 0.717) is 0 Å². The molecule has 0 fully saturated rings. The molecule has 0 saturated heterocycles. The molecule has 1 aromatic rings. The van der Waals surface area contributed by atoms with Gasteiger partial charge in [-0.1, -0.05) is 31.2 Å². The number of nitrogens with two attached hydrogens (primary N) is 1. The zero-order valence-corrected chi connectivity index (χ0v) is 11.0. The van der Waals surface area contributed by atoms with E-state index < -0.39 is 12.7 Å². The van der Waals surface area contributed by atoms with E-state index in [4.69, 9.17) is 5.73 Å². The van der Waals surface area contributed by atoms with Gasteiger partial charge in [0.25, 0.3) is 0 Å². The summed E-state index contributed by atoms with van der Waals surface area (Å²) in [6.45, 7) is 3.42. The first kappa shape index (κ1) is 14.6. The highest BCUT2D eigenvalue weighted by molar-refractivity contribution is 5.57. The second-order valence-corrected chi connectivity index (χ2v) is 4.22. The largest absolute Gasteiger partial charge is 0.325 e. The van der Waals surface area contributed by atoms with Gasteiger partial charge in [0, 0.05) is 24.4 Å². The van der Waals surface area contributed by atoms with Crippen LogP contribution in [0.15, 0.2) is 35.5 Å². The van der Waals surface area contributed by atoms with Crippen molar-refractivity contribution >= 4 is 12.3 Å². The van der Waals surface area contributed by atoms with E-state index in [9.17, 15) is 4.39 Å². The molecule has 0 spiro atoms. The molecule has 0 aliphatic carbocycles. The van der Waals surface area contributed by atoms with Crippen molar-refractivity contribution in [2.24, 2.45) is 10.7 Å². The average molecular weight is 248 g/mol. The van der Waals surface area contributed by atoms with E-state index >= 15 is 0 Å². The zero-order valence-electron chi connectivity index (χ0n) is 11.0. The molecular weight excluding hydrogens is 227 g/mol. The molecule has 1 aromatic carbocycles. The van der Waals surface area contributed by atoms with E-state index in [1.54, 1.807) is 12.4 Å². The van der Waals surface area contributed by atoms with Crippen LogP contribution < -0.4 is 5.73 Å². The van der Waals surface area contributed by atoms with Gasteiger partial charge in [-0.05, 0) is 30.5 Å². The van der Waals surface area contributed by atoms with Gasteiger partial charge in [0.05, 0.1) is 0 Å². The van der Waals surface area contributed by atoms with Crippen LogP contribution in [0.3, 0.4) is 0 Å². The molecule has 0 aliphatic heterocycles. The summed E-state index contributed by atoms with van der Waals surface area (Å²) in [6, 6.07) is 7.62. The van der Waals surface area contributed by atoms with Crippen molar-refractivity contribution in [3.8, 4) is 0 Å². The van der Waals surface area contributed by atoms with Crippen LogP contribution in [-0.2, 0) is 0 Å². The third-order valence-electron chi connectivity index (χ3n) is 3.00. The minimum Gasteiger partial charge on any atom is -0.325 e. The monoisotopic (exact) mass is 248 g/mol. The van der Waals surface area contributed by atoms with Crippen LogP contribution in [0.5, 0.6) is 0 Å². The smallest absolute Gasteiger partial charge is 0.105 e. The van der Waals surface area contributed by atoms with Gasteiger partial charge in [-0.25, -0.2) is 4.39 Å². The summed E-state index contributed by atoms with van der Waals surface area (Å²) in [5, 5.41) is 0. The Labute approximate surface area is 108 Å². The first-order chi connectivity index (χ1) is 8.72. The molecule has 1 rings (SSSR count). The maximum Gasteiger partial charge on any atom is 0.105 e. The van der Waals surface area contributed by atoms with Crippen molar-refractivity contribution in [1.29, 1.82) is 0 Å². The van der Waals surface area contributed by atoms with Crippen LogP contribution in [0.1, 0.15) is 37.3 Å². The van der Waals surface area contributed by atoms with E-state index in [1.807, 2.05) is 44.2 Å². The Morgan fingerprint density at radius 1 is 1.33 bits per heavy atom. The van der Waals surface area contributed by atoms with Crippen molar-refractivity contribution < 1.29 is 4.39 Å². The average Bonchev–Trinajstić information content (AvgIpc) is 2.41. The number of halogens is 1. The summed E-state index contributed by atoms with van der Waals surface area (Å²) in [5.41, 5.74) is 7.96. The number of hydrogen-bond donors (Lipinski definition) is 1. The van der Waals surface area contributed by atoms with Crippen molar-refractivity contribution in [1.82, 2.24) is 0 Å². The molecule has 2 nitrogen and oxygen atoms in total. The summed E-state index contributed by atoms with van der Waals surface area (Å²) < 4.78 is 12.6. The van der Waals surface area contributed by atoms with Crippen molar-refractivity contribution in [2.45, 2.75) is 32.2 Å². The zero-order chi connectivity index (χ0) is 13.4. The van der Waals surface area contributed by atoms with E-state index in [0.717, 1.165) is 17.5 Å². The predicted molar refractivity (Wildman–Crippen MR) is 76.6 cm³/mol. The van der Waals surface area contributed by atoms with Crippen LogP contribution in [-0.4, -0.2) is 18.9 Å². The first-order valence-electron chi connectivity index (χ1n) is 6.28. The number of alkyl halides is 1. The summed E-state index contributed by atoms with van der Waals surface area (Å²) in [6.07, 6.45) is 6.26. The summed E-state index contributed by atoms with van der Waals surface area (Å²) in [7, 11) is 0. The Balaban J connectivity index is 2.80. The molecule has 98 valence electrons. The first-order valence-corrected chi connectivity index (χ1v) is 6.28. The lowest BCUT2D eigenvalue weighted by atomic mass is 9.90. The Morgan fingerprint density at radius 2 is 2.00 bits per heavy atom. The van der Waals surface area contributed by atoms with Gasteiger partial charge in [0.2, 0.25) is 0 Å². The van der Waals surface area contributed by atoms with Crippen molar-refractivity contribution in [2.75, 3.05) is 6.67 Å². The van der Waals surface area contributed by atoms with Crippen molar-refractivity contribution in [3.63, 3.8) is 0 Å². The van der Waals surface area contributed by atoms with Crippen LogP contribution in [0.25, 0.3) is 6.08 Å². The van der Waals surface area contributed by atoms with Gasteiger partial charge in [-0.15, -0.1) is 0 Å². The summed E-state index contributed by atoms with van der Waals surface area (Å²) >= 11 is 0. The molecule has 0 bridgehead atoms. The number of nitrogens with zero attached hydrogens (tertiary/aromatic N) is 1. The SMILES string of the molecule is CC=N/C=C/c1ccc(C(CC)C(N)CF)cc1. The Bertz CT molecular complexity index is 395. The Hall–Kier alpha value is -1.48. The van der Waals surface area contributed by atoms with Crippen molar-refractivity contribution in [3.05, 3.63) is 41.6 Å². The highest BCUT2D eigenvalue weighted by Crippen LogP contribution is 2.23. The molecule has 18 heavy (non-hydrogen) atoms. The fourth-order valence-electron chi connectivity index (χ4n) is 1.96. The lowest BCUT2D eigenvalue weighted by Gasteiger charge is -2.20. The summed E-state index contributed by atoms with van der Waals surface area (Å²) in [5.74, 6) is 0.0849. The lowest BCUT2D eigenvalue weighted by Crippen LogP contribution is -2.30. The van der Waals surface area contributed by atoms with Gasteiger partial charge in [-0.2, -0.15) is 0 Å². The number of rotatable bonds is 6. The molecular formula is C15H21FN2. The fourth-order valence-corrected chi connectivity index (χ4v) is 1.96. The van der Waals surface area contributed by atoms with E-state index in [2.05, 4.69) is 4.99 Å². The minimum atomic E-state index is -0.481. The molecule has 2 N–H and O–H groups in total. The number of aliphatic imine (C=N–C) groups is 1. The van der Waals surface area contributed by atoms with Gasteiger partial charge in [0.1, 0.15) is 6.67 Å². The molecule has 0 saturated carbocycles. The van der Waals surface area contributed by atoms with Gasteiger partial charge in [0.15, 0.2) is 0 Å². The third kappa shape index (κ3) is 4.08. The second-order valence-electron chi connectivity index (χ2n) is 4.22.